The number of carbonyl (C=O) groups excluding carboxylic acids is 2. The average Bonchev–Trinajstić information content (AvgIpc) is 2.25. The lowest BCUT2D eigenvalue weighted by Gasteiger charge is -2.02. The molecule has 86 valence electrons. The molecule has 1 aromatic carbocycles. The Bertz CT molecular complexity index is 334. The second-order valence-electron chi connectivity index (χ2n) is 3.75. The Morgan fingerprint density at radius 2 is 1.12 bits per heavy atom. The van der Waals surface area contributed by atoms with Gasteiger partial charge in [0.15, 0.2) is 0 Å². The zero-order chi connectivity index (χ0) is 12.0. The molecule has 0 aliphatic rings. The van der Waals surface area contributed by atoms with Crippen LogP contribution >= 0.6 is 0 Å². The van der Waals surface area contributed by atoms with Crippen LogP contribution in [0.1, 0.15) is 24.0 Å². The van der Waals surface area contributed by atoms with Gasteiger partial charge in [-0.2, -0.15) is 0 Å². The first-order valence-electron chi connectivity index (χ1n) is 5.22. The molecule has 0 unspecified atom stereocenters. The molecule has 4 nitrogen and oxygen atoms in total. The quantitative estimate of drug-likeness (QED) is 0.732. The zero-order valence-corrected chi connectivity index (χ0v) is 9.11. The summed E-state index contributed by atoms with van der Waals surface area (Å²) in [5.74, 6) is -0.587. The van der Waals surface area contributed by atoms with E-state index in [0.717, 1.165) is 11.1 Å². The van der Waals surface area contributed by atoms with E-state index in [0.29, 0.717) is 25.7 Å². The molecule has 0 heterocycles. The number of hydrogen-bond donors (Lipinski definition) is 2. The first kappa shape index (κ1) is 12.2. The van der Waals surface area contributed by atoms with E-state index in [4.69, 9.17) is 11.5 Å². The van der Waals surface area contributed by atoms with E-state index >= 15 is 0 Å². The highest BCUT2D eigenvalue weighted by Gasteiger charge is 1.99. The summed E-state index contributed by atoms with van der Waals surface area (Å²) in [6.45, 7) is 0. The molecule has 0 radical (unpaired) electrons. The number of primary amides is 2. The van der Waals surface area contributed by atoms with Crippen LogP contribution in [0.2, 0.25) is 0 Å². The van der Waals surface area contributed by atoms with Gasteiger partial charge in [0.05, 0.1) is 0 Å². The van der Waals surface area contributed by atoms with Crippen molar-refractivity contribution < 1.29 is 9.59 Å². The summed E-state index contributed by atoms with van der Waals surface area (Å²) in [4.78, 5) is 21.2. The first-order chi connectivity index (χ1) is 7.58. The number of carbonyl (C=O) groups is 2. The molecule has 0 saturated carbocycles. The largest absolute Gasteiger partial charge is 0.370 e. The van der Waals surface area contributed by atoms with Crippen LogP contribution in [-0.4, -0.2) is 11.8 Å². The van der Waals surface area contributed by atoms with E-state index < -0.39 is 0 Å². The molecular weight excluding hydrogens is 204 g/mol. The summed E-state index contributed by atoms with van der Waals surface area (Å²) >= 11 is 0. The van der Waals surface area contributed by atoms with Crippen LogP contribution in [0.3, 0.4) is 0 Å². The third-order valence-corrected chi connectivity index (χ3v) is 2.34. The summed E-state index contributed by atoms with van der Waals surface area (Å²) in [6, 6.07) is 7.77. The van der Waals surface area contributed by atoms with Crippen LogP contribution in [0.25, 0.3) is 0 Å². The van der Waals surface area contributed by atoms with E-state index in [-0.39, 0.29) is 11.8 Å². The van der Waals surface area contributed by atoms with Gasteiger partial charge in [0.1, 0.15) is 0 Å². The lowest BCUT2D eigenvalue weighted by Crippen LogP contribution is -2.11. The fraction of sp³-hybridized carbons (Fsp3) is 0.333. The number of nitrogens with two attached hydrogens (primary N) is 2. The van der Waals surface area contributed by atoms with Gasteiger partial charge in [0, 0.05) is 12.8 Å². The fourth-order valence-electron chi connectivity index (χ4n) is 1.41. The first-order valence-corrected chi connectivity index (χ1v) is 5.22. The van der Waals surface area contributed by atoms with Crippen molar-refractivity contribution in [1.29, 1.82) is 0 Å². The Balaban J connectivity index is 2.47. The second kappa shape index (κ2) is 5.90. The summed E-state index contributed by atoms with van der Waals surface area (Å²) in [5.41, 5.74) is 12.3. The molecule has 0 aliphatic heterocycles. The molecule has 0 saturated heterocycles. The smallest absolute Gasteiger partial charge is 0.217 e. The van der Waals surface area contributed by atoms with Gasteiger partial charge < -0.3 is 11.5 Å². The van der Waals surface area contributed by atoms with Crippen molar-refractivity contribution in [2.24, 2.45) is 11.5 Å². The Labute approximate surface area is 94.6 Å². The molecule has 0 atom stereocenters. The van der Waals surface area contributed by atoms with Crippen molar-refractivity contribution in [3.8, 4) is 0 Å². The van der Waals surface area contributed by atoms with Crippen LogP contribution in [-0.2, 0) is 22.4 Å². The summed E-state index contributed by atoms with van der Waals surface area (Å²) in [5, 5.41) is 0. The van der Waals surface area contributed by atoms with Gasteiger partial charge in [0.2, 0.25) is 11.8 Å². The van der Waals surface area contributed by atoms with E-state index in [1.165, 1.54) is 0 Å². The van der Waals surface area contributed by atoms with Gasteiger partial charge in [-0.1, -0.05) is 24.3 Å². The molecule has 2 amide bonds. The minimum absolute atomic E-state index is 0.294. The van der Waals surface area contributed by atoms with Gasteiger partial charge in [-0.3, -0.25) is 9.59 Å². The third-order valence-electron chi connectivity index (χ3n) is 2.34. The predicted molar refractivity (Wildman–Crippen MR) is 61.5 cm³/mol. The molecule has 0 fully saturated rings. The van der Waals surface area contributed by atoms with Crippen molar-refractivity contribution >= 4 is 11.8 Å². The summed E-state index contributed by atoms with van der Waals surface area (Å²) in [6.07, 6.45) is 2.04. The van der Waals surface area contributed by atoms with Crippen molar-refractivity contribution in [2.75, 3.05) is 0 Å². The number of amides is 2. The van der Waals surface area contributed by atoms with E-state index in [9.17, 15) is 9.59 Å². The van der Waals surface area contributed by atoms with Crippen LogP contribution in [0.15, 0.2) is 24.3 Å². The maximum absolute atomic E-state index is 10.6. The zero-order valence-electron chi connectivity index (χ0n) is 9.11. The van der Waals surface area contributed by atoms with Crippen molar-refractivity contribution in [1.82, 2.24) is 0 Å². The monoisotopic (exact) mass is 220 g/mol. The summed E-state index contributed by atoms with van der Waals surface area (Å²) in [7, 11) is 0. The molecule has 0 bridgehead atoms. The van der Waals surface area contributed by atoms with Gasteiger partial charge in [-0.05, 0) is 24.0 Å². The standard InChI is InChI=1S/C12H16N2O2/c13-11(15)7-5-9-1-2-10(4-3-9)6-8-12(14)16/h1-4H,5-8H2,(H2,13,15)(H2,14,16). The normalized spacial score (nSPS) is 10.0. The molecule has 0 aromatic heterocycles. The molecular formula is C12H16N2O2. The van der Waals surface area contributed by atoms with E-state index in [1.54, 1.807) is 0 Å². The maximum Gasteiger partial charge on any atom is 0.217 e. The molecule has 1 rings (SSSR count). The molecule has 16 heavy (non-hydrogen) atoms. The highest BCUT2D eigenvalue weighted by atomic mass is 16.1. The minimum Gasteiger partial charge on any atom is -0.370 e. The summed E-state index contributed by atoms with van der Waals surface area (Å²) < 4.78 is 0. The van der Waals surface area contributed by atoms with E-state index in [2.05, 4.69) is 0 Å². The third kappa shape index (κ3) is 4.59. The van der Waals surface area contributed by atoms with Crippen molar-refractivity contribution in [3.05, 3.63) is 35.4 Å². The highest BCUT2D eigenvalue weighted by Crippen LogP contribution is 2.08. The predicted octanol–water partition coefficient (Wildman–Crippen LogP) is 0.522. The fourth-order valence-corrected chi connectivity index (χ4v) is 1.41. The second-order valence-corrected chi connectivity index (χ2v) is 3.75. The average molecular weight is 220 g/mol. The Kier molecular flexibility index (Phi) is 4.51. The Hall–Kier alpha value is -1.84. The maximum atomic E-state index is 10.6. The van der Waals surface area contributed by atoms with Gasteiger partial charge >= 0.3 is 0 Å². The van der Waals surface area contributed by atoms with Crippen LogP contribution in [0, 0.1) is 0 Å². The SMILES string of the molecule is NC(=O)CCc1ccc(CCC(N)=O)cc1. The molecule has 4 N–H and O–H groups in total. The highest BCUT2D eigenvalue weighted by molar-refractivity contribution is 5.74. The minimum atomic E-state index is -0.294. The Morgan fingerprint density at radius 3 is 1.38 bits per heavy atom. The van der Waals surface area contributed by atoms with Crippen molar-refractivity contribution in [2.45, 2.75) is 25.7 Å². The lowest BCUT2D eigenvalue weighted by molar-refractivity contribution is -0.118. The molecule has 0 spiro atoms. The number of benzene rings is 1. The van der Waals surface area contributed by atoms with Crippen LogP contribution in [0.5, 0.6) is 0 Å². The van der Waals surface area contributed by atoms with Gasteiger partial charge in [-0.25, -0.2) is 0 Å². The topological polar surface area (TPSA) is 86.2 Å². The number of rotatable bonds is 6. The Morgan fingerprint density at radius 1 is 0.812 bits per heavy atom. The van der Waals surface area contributed by atoms with Crippen molar-refractivity contribution in [3.63, 3.8) is 0 Å². The molecule has 4 heteroatoms. The molecule has 1 aromatic rings. The lowest BCUT2D eigenvalue weighted by atomic mass is 10.0. The van der Waals surface area contributed by atoms with E-state index in [1.807, 2.05) is 24.3 Å². The molecule has 0 aliphatic carbocycles. The van der Waals surface area contributed by atoms with Crippen LogP contribution < -0.4 is 11.5 Å². The number of aryl methyl sites for hydroxylation is 2. The van der Waals surface area contributed by atoms with Gasteiger partial charge in [-0.15, -0.1) is 0 Å². The van der Waals surface area contributed by atoms with Gasteiger partial charge in [0.25, 0.3) is 0 Å². The van der Waals surface area contributed by atoms with Crippen LogP contribution in [0.4, 0.5) is 0 Å². The number of hydrogen-bond acceptors (Lipinski definition) is 2.